The lowest BCUT2D eigenvalue weighted by Gasteiger charge is -2.23. The molecule has 7 heteroatoms. The van der Waals surface area contributed by atoms with Gasteiger partial charge in [0, 0.05) is 11.1 Å². The number of aliphatic hydroxyl groups excluding tert-OH is 1. The standard InChI is InChI=1S/C16H20F3NO3/c1-14(2,3)23-13(22)20-12-8-10(16(17,18)19)4-5-11(12)15(9-21)6-7-15/h4-5,8,21H,6-7,9H2,1-3H3,(H,20,22). The molecule has 1 amide bonds. The summed E-state index contributed by atoms with van der Waals surface area (Å²) in [5, 5.41) is 11.9. The Morgan fingerprint density at radius 3 is 2.35 bits per heavy atom. The van der Waals surface area contributed by atoms with Gasteiger partial charge in [0.15, 0.2) is 0 Å². The molecule has 0 atom stereocenters. The molecular weight excluding hydrogens is 311 g/mol. The number of amides is 1. The van der Waals surface area contributed by atoms with Crippen molar-refractivity contribution >= 4 is 11.8 Å². The smallest absolute Gasteiger partial charge is 0.416 e. The number of carbonyl (C=O) groups is 1. The van der Waals surface area contributed by atoms with E-state index < -0.39 is 28.8 Å². The highest BCUT2D eigenvalue weighted by atomic mass is 19.4. The van der Waals surface area contributed by atoms with Crippen molar-refractivity contribution in [1.82, 2.24) is 0 Å². The van der Waals surface area contributed by atoms with Crippen molar-refractivity contribution in [2.24, 2.45) is 0 Å². The average molecular weight is 331 g/mol. The quantitative estimate of drug-likeness (QED) is 0.877. The SMILES string of the molecule is CC(C)(C)OC(=O)Nc1cc(C(F)(F)F)ccc1C1(CO)CC1. The molecule has 2 N–H and O–H groups in total. The minimum absolute atomic E-state index is 0.0284. The van der Waals surface area contributed by atoms with Crippen LogP contribution in [0.3, 0.4) is 0 Å². The molecule has 1 aromatic carbocycles. The summed E-state index contributed by atoms with van der Waals surface area (Å²) in [6.07, 6.45) is -4.01. The average Bonchev–Trinajstić information content (AvgIpc) is 3.16. The van der Waals surface area contributed by atoms with Crippen LogP contribution in [0.25, 0.3) is 0 Å². The molecule has 0 unspecified atom stereocenters. The number of halogens is 3. The molecule has 0 aliphatic heterocycles. The summed E-state index contributed by atoms with van der Waals surface area (Å²) in [4.78, 5) is 11.9. The summed E-state index contributed by atoms with van der Waals surface area (Å²) < 4.78 is 43.8. The maximum Gasteiger partial charge on any atom is 0.416 e. The first-order valence-corrected chi connectivity index (χ1v) is 7.29. The third-order valence-corrected chi connectivity index (χ3v) is 3.71. The fraction of sp³-hybridized carbons (Fsp3) is 0.562. The van der Waals surface area contributed by atoms with E-state index in [0.717, 1.165) is 12.1 Å². The lowest BCUT2D eigenvalue weighted by Crippen LogP contribution is -2.28. The van der Waals surface area contributed by atoms with Crippen molar-refractivity contribution in [2.75, 3.05) is 11.9 Å². The van der Waals surface area contributed by atoms with Crippen molar-refractivity contribution in [3.63, 3.8) is 0 Å². The molecule has 1 aliphatic rings. The third-order valence-electron chi connectivity index (χ3n) is 3.71. The van der Waals surface area contributed by atoms with Gasteiger partial charge in [-0.25, -0.2) is 4.79 Å². The highest BCUT2D eigenvalue weighted by Crippen LogP contribution is 2.51. The van der Waals surface area contributed by atoms with Crippen LogP contribution in [0, 0.1) is 0 Å². The Bertz CT molecular complexity index is 602. The van der Waals surface area contributed by atoms with Crippen LogP contribution in [0.15, 0.2) is 18.2 Å². The van der Waals surface area contributed by atoms with Crippen molar-refractivity contribution < 1.29 is 27.8 Å². The van der Waals surface area contributed by atoms with E-state index in [1.54, 1.807) is 20.8 Å². The van der Waals surface area contributed by atoms with Gasteiger partial charge in [-0.15, -0.1) is 0 Å². The molecule has 4 nitrogen and oxygen atoms in total. The number of hydrogen-bond donors (Lipinski definition) is 2. The minimum Gasteiger partial charge on any atom is -0.444 e. The molecule has 2 rings (SSSR count). The van der Waals surface area contributed by atoms with Gasteiger partial charge in [-0.05, 0) is 51.3 Å². The maximum absolute atomic E-state index is 12.9. The van der Waals surface area contributed by atoms with Crippen molar-refractivity contribution in [3.05, 3.63) is 29.3 Å². The molecule has 1 aromatic rings. The largest absolute Gasteiger partial charge is 0.444 e. The van der Waals surface area contributed by atoms with Gasteiger partial charge in [0.2, 0.25) is 0 Å². The number of carbonyl (C=O) groups excluding carboxylic acids is 1. The zero-order valence-corrected chi connectivity index (χ0v) is 13.3. The highest BCUT2D eigenvalue weighted by molar-refractivity contribution is 5.86. The first-order valence-electron chi connectivity index (χ1n) is 7.29. The molecule has 0 spiro atoms. The maximum atomic E-state index is 12.9. The molecule has 1 fully saturated rings. The Labute approximate surface area is 132 Å². The summed E-state index contributed by atoms with van der Waals surface area (Å²) in [6.45, 7) is 4.81. The first-order chi connectivity index (χ1) is 10.5. The third kappa shape index (κ3) is 4.16. The van der Waals surface area contributed by atoms with Gasteiger partial charge in [0.1, 0.15) is 5.60 Å². The normalized spacial score (nSPS) is 16.8. The lowest BCUT2D eigenvalue weighted by molar-refractivity contribution is -0.137. The van der Waals surface area contributed by atoms with Crippen LogP contribution in [0.1, 0.15) is 44.7 Å². The molecule has 0 aromatic heterocycles. The number of benzene rings is 1. The van der Waals surface area contributed by atoms with Crippen molar-refractivity contribution in [1.29, 1.82) is 0 Å². The molecular formula is C16H20F3NO3. The summed E-state index contributed by atoms with van der Waals surface area (Å²) >= 11 is 0. The summed E-state index contributed by atoms with van der Waals surface area (Å²) in [5.74, 6) is 0. The van der Waals surface area contributed by atoms with Gasteiger partial charge in [-0.2, -0.15) is 13.2 Å². The fourth-order valence-corrected chi connectivity index (χ4v) is 2.36. The summed E-state index contributed by atoms with van der Waals surface area (Å²) in [5.41, 5.74) is -1.67. The number of nitrogens with one attached hydrogen (secondary N) is 1. The molecule has 0 saturated heterocycles. The number of alkyl halides is 3. The zero-order chi connectivity index (χ0) is 17.5. The molecule has 128 valence electrons. The predicted octanol–water partition coefficient (Wildman–Crippen LogP) is 4.08. The zero-order valence-electron chi connectivity index (χ0n) is 13.3. The van der Waals surface area contributed by atoms with Gasteiger partial charge < -0.3 is 9.84 Å². The van der Waals surface area contributed by atoms with Crippen LogP contribution in [-0.2, 0) is 16.3 Å². The predicted molar refractivity (Wildman–Crippen MR) is 79.3 cm³/mol. The van der Waals surface area contributed by atoms with Crippen LogP contribution in [0.5, 0.6) is 0 Å². The Kier molecular flexibility index (Phi) is 4.36. The van der Waals surface area contributed by atoms with Crippen molar-refractivity contribution in [2.45, 2.75) is 50.8 Å². The van der Waals surface area contributed by atoms with Gasteiger partial charge >= 0.3 is 12.3 Å². The van der Waals surface area contributed by atoms with Gasteiger partial charge in [0.25, 0.3) is 0 Å². The summed E-state index contributed by atoms with van der Waals surface area (Å²) in [7, 11) is 0. The van der Waals surface area contributed by atoms with Gasteiger partial charge in [0.05, 0.1) is 12.2 Å². The number of ether oxygens (including phenoxy) is 1. The Balaban J connectivity index is 2.35. The Hall–Kier alpha value is -1.76. The van der Waals surface area contributed by atoms with Gasteiger partial charge in [-0.1, -0.05) is 6.07 Å². The van der Waals surface area contributed by atoms with Crippen LogP contribution < -0.4 is 5.32 Å². The number of hydrogen-bond acceptors (Lipinski definition) is 3. The second-order valence-corrected chi connectivity index (χ2v) is 6.82. The van der Waals surface area contributed by atoms with Gasteiger partial charge in [-0.3, -0.25) is 5.32 Å². The molecule has 1 saturated carbocycles. The molecule has 0 heterocycles. The number of anilines is 1. The second kappa shape index (κ2) is 5.70. The molecule has 23 heavy (non-hydrogen) atoms. The fourth-order valence-electron chi connectivity index (χ4n) is 2.36. The highest BCUT2D eigenvalue weighted by Gasteiger charge is 2.46. The topological polar surface area (TPSA) is 58.6 Å². The minimum atomic E-state index is -4.52. The number of aliphatic hydroxyl groups is 1. The van der Waals surface area contributed by atoms with Crippen LogP contribution in [-0.4, -0.2) is 23.4 Å². The molecule has 1 aliphatic carbocycles. The van der Waals surface area contributed by atoms with Crippen molar-refractivity contribution in [3.8, 4) is 0 Å². The Morgan fingerprint density at radius 2 is 1.91 bits per heavy atom. The summed E-state index contributed by atoms with van der Waals surface area (Å²) in [6, 6.07) is 3.17. The lowest BCUT2D eigenvalue weighted by atomic mass is 9.93. The van der Waals surface area contributed by atoms with E-state index in [4.69, 9.17) is 4.74 Å². The van der Waals surface area contributed by atoms with Crippen LogP contribution in [0.2, 0.25) is 0 Å². The number of rotatable bonds is 3. The molecule has 0 bridgehead atoms. The van der Waals surface area contributed by atoms with E-state index in [-0.39, 0.29) is 12.3 Å². The van der Waals surface area contributed by atoms with Crippen LogP contribution >= 0.6 is 0 Å². The second-order valence-electron chi connectivity index (χ2n) is 6.82. The molecule has 0 radical (unpaired) electrons. The monoisotopic (exact) mass is 331 g/mol. The van der Waals surface area contributed by atoms with E-state index in [2.05, 4.69) is 5.32 Å². The van der Waals surface area contributed by atoms with E-state index in [1.165, 1.54) is 6.07 Å². The van der Waals surface area contributed by atoms with E-state index in [9.17, 15) is 23.1 Å². The van der Waals surface area contributed by atoms with E-state index >= 15 is 0 Å². The Morgan fingerprint density at radius 1 is 1.30 bits per heavy atom. The first kappa shape index (κ1) is 17.6. The van der Waals surface area contributed by atoms with E-state index in [0.29, 0.717) is 18.4 Å². The van der Waals surface area contributed by atoms with Crippen LogP contribution in [0.4, 0.5) is 23.7 Å². The van der Waals surface area contributed by atoms with E-state index in [1.807, 2.05) is 0 Å².